The molecule has 5 nitrogen and oxygen atoms in total. The van der Waals surface area contributed by atoms with Crippen molar-refractivity contribution in [1.29, 1.82) is 0 Å². The predicted molar refractivity (Wildman–Crippen MR) is 120 cm³/mol. The first-order valence-electron chi connectivity index (χ1n) is 10.4. The number of carbonyl (C=O) groups excluding carboxylic acids is 3. The van der Waals surface area contributed by atoms with Gasteiger partial charge in [-0.05, 0) is 44.5 Å². The van der Waals surface area contributed by atoms with Gasteiger partial charge in [0.05, 0.1) is 22.9 Å². The average molecular weight is 435 g/mol. The minimum Gasteiger partial charge on any atom is -0.352 e. The summed E-state index contributed by atoms with van der Waals surface area (Å²) in [4.78, 5) is 44.3. The third kappa shape index (κ3) is 2.79. The standard InChI is InChI=1S/C25H23ClN2O3/c1-25(2,3)28-23(30)19-18-13-12-14-8-4-7-11-17(14)27(18)21(20(19)24(28)31)22(29)15-9-5-6-10-16(15)26/h4-13,18-21H,1-3H3/t18-,19+,20-,21+/m1/s1. The third-order valence-corrected chi connectivity index (χ3v) is 6.82. The number of rotatable bonds is 2. The van der Waals surface area contributed by atoms with Crippen LogP contribution in [0.4, 0.5) is 5.69 Å². The van der Waals surface area contributed by atoms with Gasteiger partial charge >= 0.3 is 0 Å². The van der Waals surface area contributed by atoms with E-state index in [4.69, 9.17) is 11.6 Å². The van der Waals surface area contributed by atoms with E-state index in [0.29, 0.717) is 10.6 Å². The van der Waals surface area contributed by atoms with E-state index in [1.807, 2.05) is 62.1 Å². The van der Waals surface area contributed by atoms with Crippen molar-refractivity contribution in [3.8, 4) is 0 Å². The summed E-state index contributed by atoms with van der Waals surface area (Å²) in [5.74, 6) is -2.08. The lowest BCUT2D eigenvalue weighted by molar-refractivity contribution is -0.145. The highest BCUT2D eigenvalue weighted by Crippen LogP contribution is 2.50. The molecule has 2 saturated heterocycles. The molecule has 3 heterocycles. The minimum absolute atomic E-state index is 0.212. The first kappa shape index (κ1) is 20.0. The Balaban J connectivity index is 1.69. The number of carbonyl (C=O) groups is 3. The maximum absolute atomic E-state index is 13.9. The summed E-state index contributed by atoms with van der Waals surface area (Å²) in [6.07, 6.45) is 3.94. The summed E-state index contributed by atoms with van der Waals surface area (Å²) in [5, 5.41) is 0.345. The Hall–Kier alpha value is -2.92. The van der Waals surface area contributed by atoms with Gasteiger partial charge in [0.25, 0.3) is 0 Å². The molecule has 6 heteroatoms. The molecule has 0 aliphatic carbocycles. The van der Waals surface area contributed by atoms with Gasteiger partial charge in [-0.25, -0.2) is 0 Å². The lowest BCUT2D eigenvalue weighted by Crippen LogP contribution is -2.52. The number of ketones is 1. The predicted octanol–water partition coefficient (Wildman–Crippen LogP) is 4.21. The van der Waals surface area contributed by atoms with Crippen LogP contribution in [0.3, 0.4) is 0 Å². The normalized spacial score (nSPS) is 26.7. The second-order valence-corrected chi connectivity index (χ2v) is 9.75. The third-order valence-electron chi connectivity index (χ3n) is 6.49. The van der Waals surface area contributed by atoms with Crippen LogP contribution in [-0.4, -0.2) is 40.1 Å². The molecule has 0 N–H and O–H groups in total. The summed E-state index contributed by atoms with van der Waals surface area (Å²) in [6.45, 7) is 5.54. The fourth-order valence-corrected chi connectivity index (χ4v) is 5.52. The molecule has 0 radical (unpaired) electrons. The van der Waals surface area contributed by atoms with E-state index >= 15 is 0 Å². The number of anilines is 1. The average Bonchev–Trinajstić information content (AvgIpc) is 3.20. The molecule has 2 amide bonds. The van der Waals surface area contributed by atoms with Crippen molar-refractivity contribution in [2.45, 2.75) is 38.4 Å². The Labute approximate surface area is 186 Å². The second kappa shape index (κ2) is 6.79. The van der Waals surface area contributed by atoms with E-state index < -0.39 is 23.4 Å². The van der Waals surface area contributed by atoms with Crippen molar-refractivity contribution < 1.29 is 14.4 Å². The second-order valence-electron chi connectivity index (χ2n) is 9.34. The number of amides is 2. The van der Waals surface area contributed by atoms with Crippen LogP contribution >= 0.6 is 11.6 Å². The Morgan fingerprint density at radius 3 is 2.29 bits per heavy atom. The largest absolute Gasteiger partial charge is 0.352 e. The quantitative estimate of drug-likeness (QED) is 0.525. The van der Waals surface area contributed by atoms with Crippen molar-refractivity contribution in [2.75, 3.05) is 4.90 Å². The zero-order valence-electron chi connectivity index (χ0n) is 17.6. The summed E-state index contributed by atoms with van der Waals surface area (Å²) in [5.41, 5.74) is 1.54. The minimum atomic E-state index is -0.801. The van der Waals surface area contributed by atoms with Gasteiger partial charge in [0.1, 0.15) is 6.04 Å². The van der Waals surface area contributed by atoms with Crippen LogP contribution in [0.15, 0.2) is 54.6 Å². The zero-order chi connectivity index (χ0) is 22.1. The number of benzene rings is 2. The number of hydrogen-bond acceptors (Lipinski definition) is 4. The molecule has 5 rings (SSSR count). The van der Waals surface area contributed by atoms with Crippen LogP contribution in [0.2, 0.25) is 5.02 Å². The molecule has 2 aromatic rings. The van der Waals surface area contributed by atoms with E-state index in [1.54, 1.807) is 24.3 Å². The molecule has 4 atom stereocenters. The Morgan fingerprint density at radius 1 is 0.935 bits per heavy atom. The number of imide groups is 1. The van der Waals surface area contributed by atoms with Gasteiger partial charge in [0.15, 0.2) is 5.78 Å². The molecule has 2 fully saturated rings. The summed E-state index contributed by atoms with van der Waals surface area (Å²) < 4.78 is 0. The first-order chi connectivity index (χ1) is 14.7. The molecule has 0 unspecified atom stereocenters. The number of halogens is 1. The molecule has 0 spiro atoms. The molecule has 158 valence electrons. The Morgan fingerprint density at radius 2 is 1.58 bits per heavy atom. The molecule has 3 aliphatic rings. The van der Waals surface area contributed by atoms with Crippen molar-refractivity contribution >= 4 is 41.0 Å². The Bertz CT molecular complexity index is 1150. The lowest BCUT2D eigenvalue weighted by atomic mass is 9.86. The molecule has 31 heavy (non-hydrogen) atoms. The number of hydrogen-bond donors (Lipinski definition) is 0. The zero-order valence-corrected chi connectivity index (χ0v) is 18.3. The van der Waals surface area contributed by atoms with Gasteiger partial charge in [0.2, 0.25) is 11.8 Å². The molecular weight excluding hydrogens is 412 g/mol. The van der Waals surface area contributed by atoms with Gasteiger partial charge in [0, 0.05) is 16.8 Å². The topological polar surface area (TPSA) is 57.7 Å². The van der Waals surface area contributed by atoms with E-state index in [-0.39, 0.29) is 23.6 Å². The summed E-state index contributed by atoms with van der Waals surface area (Å²) in [7, 11) is 0. The number of Topliss-reactive ketones (excluding diaryl/α,β-unsaturated/α-hetero) is 1. The highest BCUT2D eigenvalue weighted by molar-refractivity contribution is 6.34. The highest BCUT2D eigenvalue weighted by atomic mass is 35.5. The maximum atomic E-state index is 13.9. The van der Waals surface area contributed by atoms with Gasteiger partial charge in [-0.3, -0.25) is 19.3 Å². The summed E-state index contributed by atoms with van der Waals surface area (Å²) >= 11 is 6.37. The van der Waals surface area contributed by atoms with Crippen LogP contribution in [0.1, 0.15) is 36.7 Å². The number of nitrogens with zero attached hydrogens (tertiary/aromatic N) is 2. The van der Waals surface area contributed by atoms with Gasteiger partial charge in [-0.2, -0.15) is 0 Å². The first-order valence-corrected chi connectivity index (χ1v) is 10.8. The molecule has 2 aromatic carbocycles. The smallest absolute Gasteiger partial charge is 0.236 e. The molecule has 0 saturated carbocycles. The van der Waals surface area contributed by atoms with Gasteiger partial charge in [-0.1, -0.05) is 54.1 Å². The van der Waals surface area contributed by atoms with Crippen LogP contribution in [0.5, 0.6) is 0 Å². The van der Waals surface area contributed by atoms with Crippen molar-refractivity contribution in [3.05, 3.63) is 70.8 Å². The van der Waals surface area contributed by atoms with Gasteiger partial charge < -0.3 is 4.90 Å². The van der Waals surface area contributed by atoms with Crippen molar-refractivity contribution in [3.63, 3.8) is 0 Å². The maximum Gasteiger partial charge on any atom is 0.236 e. The van der Waals surface area contributed by atoms with Crippen LogP contribution in [-0.2, 0) is 9.59 Å². The fraction of sp³-hybridized carbons (Fsp3) is 0.320. The molecule has 3 aliphatic heterocycles. The SMILES string of the molecule is CC(C)(C)N1C(=O)[C@@H]2[C@@H](C1=O)[C@@H](C(=O)c1ccccc1Cl)N1c3ccccc3C=C[C@H]21. The molecule has 0 aromatic heterocycles. The number of para-hydroxylation sites is 1. The van der Waals surface area contributed by atoms with E-state index in [1.165, 1.54) is 4.90 Å². The monoisotopic (exact) mass is 434 g/mol. The van der Waals surface area contributed by atoms with Crippen LogP contribution in [0, 0.1) is 11.8 Å². The summed E-state index contributed by atoms with van der Waals surface area (Å²) in [6, 6.07) is 13.5. The van der Waals surface area contributed by atoms with E-state index in [9.17, 15) is 14.4 Å². The number of fused-ring (bicyclic) bond motifs is 5. The molecule has 0 bridgehead atoms. The van der Waals surface area contributed by atoms with Crippen LogP contribution < -0.4 is 4.90 Å². The number of likely N-dealkylation sites (tertiary alicyclic amines) is 1. The highest BCUT2D eigenvalue weighted by Gasteiger charge is 2.65. The van der Waals surface area contributed by atoms with Crippen LogP contribution in [0.25, 0.3) is 6.08 Å². The fourth-order valence-electron chi connectivity index (χ4n) is 5.30. The van der Waals surface area contributed by atoms with Crippen molar-refractivity contribution in [2.24, 2.45) is 11.8 Å². The lowest BCUT2D eigenvalue weighted by Gasteiger charge is -2.38. The van der Waals surface area contributed by atoms with E-state index in [2.05, 4.69) is 0 Å². The van der Waals surface area contributed by atoms with E-state index in [0.717, 1.165) is 11.3 Å². The Kier molecular flexibility index (Phi) is 4.38. The van der Waals surface area contributed by atoms with Gasteiger partial charge in [-0.15, -0.1) is 0 Å². The van der Waals surface area contributed by atoms with Crippen molar-refractivity contribution in [1.82, 2.24) is 4.90 Å². The molecular formula is C25H23ClN2O3.